The maximum atomic E-state index is 11.8. The molecule has 3 N–H and O–H groups in total. The van der Waals surface area contributed by atoms with Crippen molar-refractivity contribution in [3.05, 3.63) is 23.5 Å². The molecule has 0 spiro atoms. The van der Waals surface area contributed by atoms with Gasteiger partial charge in [-0.1, -0.05) is 31.4 Å². The minimum atomic E-state index is -0.786. The lowest BCUT2D eigenvalue weighted by molar-refractivity contribution is -0.138. The lowest BCUT2D eigenvalue weighted by Gasteiger charge is -2.04. The van der Waals surface area contributed by atoms with Crippen LogP contribution in [0.15, 0.2) is 23.5 Å². The van der Waals surface area contributed by atoms with E-state index in [4.69, 9.17) is 4.74 Å². The lowest BCUT2D eigenvalue weighted by Crippen LogP contribution is -2.38. The first-order valence-electron chi connectivity index (χ1n) is 10.8. The van der Waals surface area contributed by atoms with Crippen molar-refractivity contribution in [2.45, 2.75) is 57.8 Å². The van der Waals surface area contributed by atoms with Crippen LogP contribution in [-0.2, 0) is 28.7 Å². The van der Waals surface area contributed by atoms with E-state index in [2.05, 4.69) is 27.5 Å². The van der Waals surface area contributed by atoms with Crippen molar-refractivity contribution in [2.24, 2.45) is 0 Å². The average Bonchev–Trinajstić information content (AvgIpc) is 3.10. The lowest BCUT2D eigenvalue weighted by atomic mass is 10.1. The molecular weight excluding hydrogens is 404 g/mol. The highest BCUT2D eigenvalue weighted by Crippen LogP contribution is 2.14. The molecule has 0 saturated heterocycles. The number of cyclic esters (lactones) is 1. The zero-order valence-corrected chi connectivity index (χ0v) is 18.2. The Morgan fingerprint density at radius 1 is 1.00 bits per heavy atom. The molecule has 0 radical (unpaired) electrons. The summed E-state index contributed by atoms with van der Waals surface area (Å²) in [6.45, 7) is 0.484. The van der Waals surface area contributed by atoms with E-state index < -0.39 is 23.6 Å². The molecule has 0 aromatic carbocycles. The molecule has 0 saturated carbocycles. The number of esters is 1. The molecular formula is C22H34N2O7. The van der Waals surface area contributed by atoms with Crippen LogP contribution in [0.3, 0.4) is 0 Å². The van der Waals surface area contributed by atoms with Crippen molar-refractivity contribution >= 4 is 23.6 Å². The number of nitrogens with one attached hydrogen (secondary N) is 2. The summed E-state index contributed by atoms with van der Waals surface area (Å²) >= 11 is 0. The van der Waals surface area contributed by atoms with Crippen molar-refractivity contribution in [1.29, 1.82) is 0 Å². The molecule has 2 amide bonds. The second kappa shape index (κ2) is 16.1. The minimum absolute atomic E-state index is 0.222. The first kappa shape index (κ1) is 26.4. The third kappa shape index (κ3) is 11.3. The van der Waals surface area contributed by atoms with Crippen molar-refractivity contribution < 1.29 is 33.8 Å². The molecule has 0 unspecified atom stereocenters. The van der Waals surface area contributed by atoms with Crippen LogP contribution >= 0.6 is 0 Å². The smallest absolute Gasteiger partial charge is 0.345 e. The molecule has 9 nitrogen and oxygen atoms in total. The van der Waals surface area contributed by atoms with Crippen molar-refractivity contribution in [2.75, 3.05) is 33.4 Å². The molecule has 1 heterocycles. The minimum Gasteiger partial charge on any atom is -0.508 e. The standard InChI is InChI=1S/C22H34N2O7/c1-23-20(27)21(28)24-13-11-9-7-5-3-2-4-6-8-10-12-14-30-15-17(25)19-18(26)16-31-22(19)29/h3,5,26H,2,4,6-16H2,1H3,(H,23,27)(H,24,28). The van der Waals surface area contributed by atoms with Crippen LogP contribution in [0.4, 0.5) is 0 Å². The van der Waals surface area contributed by atoms with E-state index in [1.54, 1.807) is 0 Å². The van der Waals surface area contributed by atoms with Gasteiger partial charge in [-0.3, -0.25) is 14.4 Å². The van der Waals surface area contributed by atoms with Gasteiger partial charge in [-0.25, -0.2) is 4.79 Å². The summed E-state index contributed by atoms with van der Waals surface area (Å²) in [6, 6.07) is 0. The van der Waals surface area contributed by atoms with Gasteiger partial charge < -0.3 is 25.2 Å². The topological polar surface area (TPSA) is 131 Å². The Morgan fingerprint density at radius 2 is 1.65 bits per heavy atom. The first-order valence-corrected chi connectivity index (χ1v) is 10.8. The maximum absolute atomic E-state index is 11.8. The number of hydrogen-bond donors (Lipinski definition) is 3. The number of allylic oxidation sites excluding steroid dienone is 2. The van der Waals surface area contributed by atoms with Gasteiger partial charge >= 0.3 is 17.8 Å². The molecule has 0 aliphatic carbocycles. The fourth-order valence-electron chi connectivity index (χ4n) is 2.92. The van der Waals surface area contributed by atoms with Gasteiger partial charge in [-0.05, 0) is 38.5 Å². The van der Waals surface area contributed by atoms with Crippen LogP contribution in [0.1, 0.15) is 57.8 Å². The van der Waals surface area contributed by atoms with Gasteiger partial charge in [-0.2, -0.15) is 0 Å². The number of ether oxygens (including phenoxy) is 2. The molecule has 1 rings (SSSR count). The molecule has 9 heteroatoms. The summed E-state index contributed by atoms with van der Waals surface area (Å²) in [4.78, 5) is 45.3. The summed E-state index contributed by atoms with van der Waals surface area (Å²) in [5.41, 5.74) is -0.291. The van der Waals surface area contributed by atoms with E-state index in [0.717, 1.165) is 57.8 Å². The molecule has 1 aliphatic heterocycles. The Kier molecular flexibility index (Phi) is 13.7. The number of aliphatic hydroxyl groups is 1. The predicted molar refractivity (Wildman–Crippen MR) is 114 cm³/mol. The largest absolute Gasteiger partial charge is 0.508 e. The molecule has 31 heavy (non-hydrogen) atoms. The monoisotopic (exact) mass is 438 g/mol. The van der Waals surface area contributed by atoms with E-state index in [1.165, 1.54) is 7.05 Å². The number of ketones is 1. The third-order valence-corrected chi connectivity index (χ3v) is 4.69. The van der Waals surface area contributed by atoms with E-state index >= 15 is 0 Å². The fraction of sp³-hybridized carbons (Fsp3) is 0.636. The Bertz CT molecular complexity index is 671. The molecule has 0 bridgehead atoms. The van der Waals surface area contributed by atoms with Crippen LogP contribution in [0.25, 0.3) is 0 Å². The average molecular weight is 439 g/mol. The highest BCUT2D eigenvalue weighted by atomic mass is 16.5. The number of hydrogen-bond acceptors (Lipinski definition) is 7. The highest BCUT2D eigenvalue weighted by molar-refractivity contribution is 6.35. The number of likely N-dealkylation sites (N-methyl/N-ethyl adjacent to an activating group) is 1. The number of carbonyl (C=O) groups excluding carboxylic acids is 4. The first-order chi connectivity index (χ1) is 15.0. The molecule has 0 atom stereocenters. The van der Waals surface area contributed by atoms with Crippen LogP contribution < -0.4 is 10.6 Å². The Balaban J connectivity index is 1.87. The molecule has 0 fully saturated rings. The van der Waals surface area contributed by atoms with Gasteiger partial charge in [-0.15, -0.1) is 0 Å². The van der Waals surface area contributed by atoms with Crippen LogP contribution in [0, 0.1) is 0 Å². The summed E-state index contributed by atoms with van der Waals surface area (Å²) in [5, 5.41) is 14.3. The van der Waals surface area contributed by atoms with Gasteiger partial charge in [0, 0.05) is 20.2 Å². The van der Waals surface area contributed by atoms with Gasteiger partial charge in [0.25, 0.3) is 0 Å². The Labute approximate surface area is 183 Å². The normalized spacial score (nSPS) is 13.5. The van der Waals surface area contributed by atoms with Gasteiger partial charge in [0.2, 0.25) is 0 Å². The number of aliphatic hydroxyl groups excluding tert-OH is 1. The van der Waals surface area contributed by atoms with E-state index in [-0.39, 0.29) is 24.5 Å². The molecule has 0 aromatic rings. The molecule has 1 aliphatic rings. The fourth-order valence-corrected chi connectivity index (χ4v) is 2.92. The Morgan fingerprint density at radius 3 is 2.29 bits per heavy atom. The van der Waals surface area contributed by atoms with Gasteiger partial charge in [0.05, 0.1) is 0 Å². The maximum Gasteiger partial charge on any atom is 0.345 e. The summed E-state index contributed by atoms with van der Waals surface area (Å²) in [5.74, 6) is -2.85. The van der Waals surface area contributed by atoms with Crippen LogP contribution in [-0.4, -0.2) is 62.1 Å². The molecule has 174 valence electrons. The SMILES string of the molecule is CNC(=O)C(=O)NCCCCC=CCCCCCCCOCC(=O)C1=C(O)COC1=O. The summed E-state index contributed by atoms with van der Waals surface area (Å²) < 4.78 is 9.85. The molecule has 0 aromatic heterocycles. The zero-order valence-electron chi connectivity index (χ0n) is 18.2. The summed E-state index contributed by atoms with van der Waals surface area (Å²) in [6.07, 6.45) is 13.3. The van der Waals surface area contributed by atoms with Gasteiger partial charge in [0.1, 0.15) is 24.5 Å². The Hall–Kier alpha value is -2.68. The van der Waals surface area contributed by atoms with Crippen LogP contribution in [0.5, 0.6) is 0 Å². The number of amides is 2. The van der Waals surface area contributed by atoms with Gasteiger partial charge in [0.15, 0.2) is 5.78 Å². The predicted octanol–water partition coefficient (Wildman–Crippen LogP) is 1.87. The van der Waals surface area contributed by atoms with E-state index in [1.807, 2.05) is 0 Å². The van der Waals surface area contributed by atoms with E-state index in [9.17, 15) is 24.3 Å². The second-order valence-electron chi connectivity index (χ2n) is 7.23. The number of Topliss-reactive ketones (excluding diaryl/α,β-unsaturated/α-hetero) is 1. The van der Waals surface area contributed by atoms with Crippen molar-refractivity contribution in [3.8, 4) is 0 Å². The second-order valence-corrected chi connectivity index (χ2v) is 7.23. The number of rotatable bonds is 16. The number of unbranched alkanes of at least 4 members (excludes halogenated alkanes) is 7. The van der Waals surface area contributed by atoms with E-state index in [0.29, 0.717) is 13.2 Å². The highest BCUT2D eigenvalue weighted by Gasteiger charge is 2.30. The summed E-state index contributed by atoms with van der Waals surface area (Å²) in [7, 11) is 1.43. The van der Waals surface area contributed by atoms with Crippen molar-refractivity contribution in [3.63, 3.8) is 0 Å². The van der Waals surface area contributed by atoms with Crippen molar-refractivity contribution in [1.82, 2.24) is 10.6 Å². The third-order valence-electron chi connectivity index (χ3n) is 4.69. The van der Waals surface area contributed by atoms with Crippen LogP contribution in [0.2, 0.25) is 0 Å². The quantitative estimate of drug-likeness (QED) is 0.110. The zero-order chi connectivity index (χ0) is 22.9. The number of carbonyl (C=O) groups is 4.